The minimum Gasteiger partial charge on any atom is -0.389 e. The Bertz CT molecular complexity index is 159. The summed E-state index contributed by atoms with van der Waals surface area (Å²) in [5.41, 5.74) is 0. The molecule has 4 nitrogen and oxygen atoms in total. The summed E-state index contributed by atoms with van der Waals surface area (Å²) in [4.78, 5) is 4.22. The number of hydrogen-bond donors (Lipinski definition) is 2. The van der Waals surface area contributed by atoms with E-state index in [4.69, 9.17) is 4.74 Å². The number of methoxy groups -OCH3 is 1. The van der Waals surface area contributed by atoms with Gasteiger partial charge in [-0.25, -0.2) is 0 Å². The molecule has 0 amide bonds. The molecule has 0 radical (unpaired) electrons. The zero-order chi connectivity index (χ0) is 8.81. The Morgan fingerprint density at radius 1 is 1.75 bits per heavy atom. The Morgan fingerprint density at radius 3 is 3.17 bits per heavy atom. The molecular weight excluding hydrogens is 156 g/mol. The zero-order valence-corrected chi connectivity index (χ0v) is 7.42. The molecule has 0 fully saturated rings. The van der Waals surface area contributed by atoms with Crippen molar-refractivity contribution in [1.29, 1.82) is 0 Å². The summed E-state index contributed by atoms with van der Waals surface area (Å²) in [7, 11) is 1.58. The Hall–Kier alpha value is -0.610. The lowest BCUT2D eigenvalue weighted by atomic mass is 10.3. The molecule has 0 saturated heterocycles. The van der Waals surface area contributed by atoms with Crippen molar-refractivity contribution in [1.82, 2.24) is 5.32 Å². The third-order valence-electron chi connectivity index (χ3n) is 1.78. The molecule has 0 aliphatic carbocycles. The highest BCUT2D eigenvalue weighted by Gasteiger charge is 2.07. The van der Waals surface area contributed by atoms with Crippen LogP contribution in [0, 0.1) is 0 Å². The standard InChI is InChI=1S/C8H16N2O2/c1-12-6-7(11)5-10-8-3-2-4-9-8/h7,11H,2-6H2,1H3,(H,9,10). The number of aliphatic hydroxyl groups excluding tert-OH is 1. The number of aliphatic imine (C=N–C) groups is 1. The van der Waals surface area contributed by atoms with E-state index in [1.165, 1.54) is 0 Å². The van der Waals surface area contributed by atoms with E-state index in [-0.39, 0.29) is 0 Å². The molecule has 70 valence electrons. The summed E-state index contributed by atoms with van der Waals surface area (Å²) in [6, 6.07) is 0. The molecule has 1 unspecified atom stereocenters. The predicted molar refractivity (Wildman–Crippen MR) is 47.4 cm³/mol. The van der Waals surface area contributed by atoms with Crippen molar-refractivity contribution in [3.8, 4) is 0 Å². The smallest absolute Gasteiger partial charge is 0.0964 e. The highest BCUT2D eigenvalue weighted by atomic mass is 16.5. The van der Waals surface area contributed by atoms with Gasteiger partial charge in [-0.3, -0.25) is 4.99 Å². The van der Waals surface area contributed by atoms with E-state index < -0.39 is 6.10 Å². The number of nitrogens with one attached hydrogen (secondary N) is 1. The van der Waals surface area contributed by atoms with Crippen LogP contribution in [0.2, 0.25) is 0 Å². The molecule has 0 aromatic heterocycles. The van der Waals surface area contributed by atoms with Gasteiger partial charge in [0.15, 0.2) is 0 Å². The summed E-state index contributed by atoms with van der Waals surface area (Å²) in [6.45, 7) is 1.83. The molecule has 1 heterocycles. The number of ether oxygens (including phenoxy) is 1. The largest absolute Gasteiger partial charge is 0.389 e. The van der Waals surface area contributed by atoms with E-state index in [1.54, 1.807) is 7.11 Å². The average molecular weight is 172 g/mol. The summed E-state index contributed by atoms with van der Waals surface area (Å²) in [5, 5.41) is 12.4. The number of aliphatic hydroxyl groups is 1. The molecule has 1 atom stereocenters. The maximum Gasteiger partial charge on any atom is 0.0964 e. The first kappa shape index (κ1) is 9.48. The fourth-order valence-electron chi connectivity index (χ4n) is 1.17. The van der Waals surface area contributed by atoms with Crippen molar-refractivity contribution < 1.29 is 9.84 Å². The minimum absolute atomic E-state index is 0.375. The number of nitrogens with zero attached hydrogens (tertiary/aromatic N) is 1. The molecule has 0 spiro atoms. The van der Waals surface area contributed by atoms with Crippen molar-refractivity contribution in [3.05, 3.63) is 0 Å². The van der Waals surface area contributed by atoms with Crippen LogP contribution in [0.5, 0.6) is 0 Å². The van der Waals surface area contributed by atoms with Gasteiger partial charge in [-0.05, 0) is 6.42 Å². The summed E-state index contributed by atoms with van der Waals surface area (Å²) in [6.07, 6.45) is 1.71. The van der Waals surface area contributed by atoms with Gasteiger partial charge in [0.1, 0.15) is 0 Å². The van der Waals surface area contributed by atoms with Gasteiger partial charge < -0.3 is 15.2 Å². The van der Waals surface area contributed by atoms with E-state index in [1.807, 2.05) is 0 Å². The van der Waals surface area contributed by atoms with Crippen LogP contribution >= 0.6 is 0 Å². The topological polar surface area (TPSA) is 53.9 Å². The minimum atomic E-state index is -0.432. The Morgan fingerprint density at radius 2 is 2.58 bits per heavy atom. The van der Waals surface area contributed by atoms with E-state index in [2.05, 4.69) is 10.3 Å². The number of rotatable bonds is 4. The molecule has 1 rings (SSSR count). The van der Waals surface area contributed by atoms with Crippen molar-refractivity contribution in [3.63, 3.8) is 0 Å². The molecule has 0 aromatic rings. The van der Waals surface area contributed by atoms with Crippen LogP contribution in [0.25, 0.3) is 0 Å². The van der Waals surface area contributed by atoms with E-state index in [0.29, 0.717) is 13.2 Å². The van der Waals surface area contributed by atoms with Crippen LogP contribution < -0.4 is 5.32 Å². The van der Waals surface area contributed by atoms with Crippen LogP contribution in [0.4, 0.5) is 0 Å². The molecule has 2 N–H and O–H groups in total. The second-order valence-electron chi connectivity index (χ2n) is 2.92. The van der Waals surface area contributed by atoms with Crippen molar-refractivity contribution in [2.24, 2.45) is 4.99 Å². The molecule has 1 aliphatic heterocycles. The molecule has 0 aromatic carbocycles. The lowest BCUT2D eigenvalue weighted by molar-refractivity contribution is 0.0674. The highest BCUT2D eigenvalue weighted by molar-refractivity contribution is 5.83. The summed E-state index contributed by atoms with van der Waals surface area (Å²) >= 11 is 0. The van der Waals surface area contributed by atoms with Gasteiger partial charge in [-0.2, -0.15) is 0 Å². The van der Waals surface area contributed by atoms with Gasteiger partial charge in [0.25, 0.3) is 0 Å². The van der Waals surface area contributed by atoms with Gasteiger partial charge in [-0.15, -0.1) is 0 Å². The first-order chi connectivity index (χ1) is 5.83. The first-order valence-corrected chi connectivity index (χ1v) is 4.27. The molecular formula is C8H16N2O2. The Labute approximate surface area is 72.6 Å². The molecule has 4 heteroatoms. The Balaban J connectivity index is 2.07. The zero-order valence-electron chi connectivity index (χ0n) is 7.42. The lowest BCUT2D eigenvalue weighted by Gasteiger charge is -2.10. The van der Waals surface area contributed by atoms with Crippen LogP contribution in [0.3, 0.4) is 0 Å². The van der Waals surface area contributed by atoms with Crippen molar-refractivity contribution in [2.45, 2.75) is 18.9 Å². The van der Waals surface area contributed by atoms with E-state index in [0.717, 1.165) is 25.2 Å². The number of amidine groups is 1. The molecule has 12 heavy (non-hydrogen) atoms. The average Bonchev–Trinajstić information content (AvgIpc) is 2.53. The van der Waals surface area contributed by atoms with Crippen molar-refractivity contribution in [2.75, 3.05) is 26.8 Å². The quantitative estimate of drug-likeness (QED) is 0.616. The van der Waals surface area contributed by atoms with Gasteiger partial charge in [0.05, 0.1) is 18.5 Å². The molecule has 0 saturated carbocycles. The van der Waals surface area contributed by atoms with Gasteiger partial charge >= 0.3 is 0 Å². The van der Waals surface area contributed by atoms with Gasteiger partial charge in [0.2, 0.25) is 0 Å². The second-order valence-corrected chi connectivity index (χ2v) is 2.92. The third kappa shape index (κ3) is 3.19. The lowest BCUT2D eigenvalue weighted by Crippen LogP contribution is -2.33. The fourth-order valence-corrected chi connectivity index (χ4v) is 1.17. The van der Waals surface area contributed by atoms with Crippen LogP contribution in [0.1, 0.15) is 12.8 Å². The van der Waals surface area contributed by atoms with Crippen LogP contribution in [-0.2, 0) is 4.74 Å². The normalized spacial score (nSPS) is 19.0. The van der Waals surface area contributed by atoms with Gasteiger partial charge in [0, 0.05) is 26.6 Å². The fraction of sp³-hybridized carbons (Fsp3) is 0.875. The summed E-state index contributed by atoms with van der Waals surface area (Å²) in [5.74, 6) is 1.02. The number of hydrogen-bond acceptors (Lipinski definition) is 4. The molecule has 1 aliphatic rings. The SMILES string of the molecule is COCC(O)CNC1=NCCC1. The second kappa shape index (κ2) is 5.11. The van der Waals surface area contributed by atoms with Crippen LogP contribution in [0.15, 0.2) is 4.99 Å². The van der Waals surface area contributed by atoms with E-state index >= 15 is 0 Å². The van der Waals surface area contributed by atoms with E-state index in [9.17, 15) is 5.11 Å². The van der Waals surface area contributed by atoms with Gasteiger partial charge in [-0.1, -0.05) is 0 Å². The maximum atomic E-state index is 9.27. The Kier molecular flexibility index (Phi) is 4.04. The third-order valence-corrected chi connectivity index (χ3v) is 1.78. The monoisotopic (exact) mass is 172 g/mol. The highest BCUT2D eigenvalue weighted by Crippen LogP contribution is 2.00. The maximum absolute atomic E-state index is 9.27. The predicted octanol–water partition coefficient (Wildman–Crippen LogP) is -0.224. The molecule has 0 bridgehead atoms. The van der Waals surface area contributed by atoms with Crippen molar-refractivity contribution >= 4 is 5.84 Å². The summed E-state index contributed by atoms with van der Waals surface area (Å²) < 4.78 is 4.79. The first-order valence-electron chi connectivity index (χ1n) is 4.27. The van der Waals surface area contributed by atoms with Crippen LogP contribution in [-0.4, -0.2) is 43.9 Å².